The highest BCUT2D eigenvalue weighted by atomic mass is 19.1. The molecule has 0 aliphatic carbocycles. The van der Waals surface area contributed by atoms with Gasteiger partial charge in [-0.1, -0.05) is 12.1 Å². The Kier molecular flexibility index (Phi) is 5.73. The summed E-state index contributed by atoms with van der Waals surface area (Å²) < 4.78 is 25.5. The van der Waals surface area contributed by atoms with Crippen LogP contribution in [-0.2, 0) is 11.2 Å². The lowest BCUT2D eigenvalue weighted by molar-refractivity contribution is -0.117. The van der Waals surface area contributed by atoms with Crippen molar-refractivity contribution >= 4 is 11.6 Å². The molecule has 7 heteroatoms. The van der Waals surface area contributed by atoms with E-state index in [2.05, 4.69) is 15.6 Å². The minimum atomic E-state index is -0.256. The average molecular weight is 433 g/mol. The maximum absolute atomic E-state index is 13.5. The van der Waals surface area contributed by atoms with Gasteiger partial charge in [0.15, 0.2) is 0 Å². The summed E-state index contributed by atoms with van der Waals surface area (Å²) in [5, 5.41) is 6.05. The molecule has 164 valence electrons. The summed E-state index contributed by atoms with van der Waals surface area (Å²) in [6.07, 6.45) is 4.87. The number of nitrogens with one attached hydrogen (secondary N) is 2. The minimum Gasteiger partial charge on any atom is -0.485 e. The topological polar surface area (TPSA) is 72.5 Å². The van der Waals surface area contributed by atoms with E-state index in [0.717, 1.165) is 49.1 Å². The summed E-state index contributed by atoms with van der Waals surface area (Å²) in [5.74, 6) is 1.59. The first-order chi connectivity index (χ1) is 15.6. The number of fused-ring (bicyclic) bond motifs is 1. The Hall–Kier alpha value is -3.45. The largest absolute Gasteiger partial charge is 0.485 e. The van der Waals surface area contributed by atoms with Crippen molar-refractivity contribution in [3.8, 4) is 17.4 Å². The summed E-state index contributed by atoms with van der Waals surface area (Å²) in [6, 6.07) is 15.6. The first-order valence-electron chi connectivity index (χ1n) is 10.9. The van der Waals surface area contributed by atoms with Crippen molar-refractivity contribution in [1.82, 2.24) is 10.3 Å². The molecule has 3 heterocycles. The SMILES string of the molecule is O=C(Nc1ccc(Oc2ccc3c(c2)CCC(c2cccc(F)c2)O3)nc1)C1CCCN1. The summed E-state index contributed by atoms with van der Waals surface area (Å²) >= 11 is 0. The Morgan fingerprint density at radius 1 is 1.16 bits per heavy atom. The van der Waals surface area contributed by atoms with Gasteiger partial charge in [-0.15, -0.1) is 0 Å². The van der Waals surface area contributed by atoms with Crippen molar-refractivity contribution in [2.75, 3.05) is 11.9 Å². The number of aromatic nitrogens is 1. The van der Waals surface area contributed by atoms with Crippen LogP contribution in [0.1, 0.15) is 36.5 Å². The summed E-state index contributed by atoms with van der Waals surface area (Å²) in [6.45, 7) is 0.875. The molecular weight excluding hydrogens is 409 g/mol. The van der Waals surface area contributed by atoms with E-state index >= 15 is 0 Å². The van der Waals surface area contributed by atoms with E-state index in [1.807, 2.05) is 24.3 Å². The highest BCUT2D eigenvalue weighted by molar-refractivity contribution is 5.94. The third kappa shape index (κ3) is 4.57. The molecule has 2 atom stereocenters. The first-order valence-corrected chi connectivity index (χ1v) is 10.9. The zero-order chi connectivity index (χ0) is 21.9. The molecular formula is C25H24FN3O3. The second-order valence-electron chi connectivity index (χ2n) is 8.10. The van der Waals surface area contributed by atoms with Crippen LogP contribution in [0.3, 0.4) is 0 Å². The molecule has 2 unspecified atom stereocenters. The van der Waals surface area contributed by atoms with E-state index in [1.165, 1.54) is 12.1 Å². The number of amides is 1. The monoisotopic (exact) mass is 433 g/mol. The van der Waals surface area contributed by atoms with Gasteiger partial charge in [-0.25, -0.2) is 9.37 Å². The molecule has 1 fully saturated rings. The van der Waals surface area contributed by atoms with Crippen LogP contribution < -0.4 is 20.1 Å². The summed E-state index contributed by atoms with van der Waals surface area (Å²) in [4.78, 5) is 16.5. The van der Waals surface area contributed by atoms with Gasteiger partial charge in [-0.05, 0) is 79.8 Å². The van der Waals surface area contributed by atoms with Gasteiger partial charge in [0, 0.05) is 6.07 Å². The molecule has 1 aromatic heterocycles. The van der Waals surface area contributed by atoms with Crippen molar-refractivity contribution in [3.63, 3.8) is 0 Å². The van der Waals surface area contributed by atoms with Crippen LogP contribution in [0.15, 0.2) is 60.8 Å². The molecule has 2 aliphatic heterocycles. The molecule has 0 radical (unpaired) electrons. The lowest BCUT2D eigenvalue weighted by Crippen LogP contribution is -2.35. The van der Waals surface area contributed by atoms with Crippen LogP contribution >= 0.6 is 0 Å². The quantitative estimate of drug-likeness (QED) is 0.607. The van der Waals surface area contributed by atoms with Crippen LogP contribution in [0, 0.1) is 5.82 Å². The normalized spacial score (nSPS) is 19.7. The third-order valence-electron chi connectivity index (χ3n) is 5.80. The van der Waals surface area contributed by atoms with Crippen molar-refractivity contribution in [1.29, 1.82) is 0 Å². The Morgan fingerprint density at radius 2 is 2.09 bits per heavy atom. The molecule has 1 amide bonds. The van der Waals surface area contributed by atoms with Gasteiger partial charge in [0.05, 0.1) is 17.9 Å². The average Bonchev–Trinajstić information content (AvgIpc) is 3.35. The number of hydrogen-bond donors (Lipinski definition) is 2. The second kappa shape index (κ2) is 8.96. The zero-order valence-corrected chi connectivity index (χ0v) is 17.5. The zero-order valence-electron chi connectivity index (χ0n) is 17.5. The van der Waals surface area contributed by atoms with Gasteiger partial charge in [-0.2, -0.15) is 0 Å². The molecule has 1 saturated heterocycles. The Balaban J connectivity index is 1.22. The molecule has 32 heavy (non-hydrogen) atoms. The van der Waals surface area contributed by atoms with E-state index in [0.29, 0.717) is 17.3 Å². The Labute approximate surface area is 185 Å². The molecule has 0 spiro atoms. The van der Waals surface area contributed by atoms with Gasteiger partial charge < -0.3 is 20.1 Å². The highest BCUT2D eigenvalue weighted by Crippen LogP contribution is 2.37. The maximum Gasteiger partial charge on any atom is 0.241 e. The number of benzene rings is 2. The van der Waals surface area contributed by atoms with Crippen molar-refractivity contribution in [2.24, 2.45) is 0 Å². The van der Waals surface area contributed by atoms with Crippen LogP contribution in [0.25, 0.3) is 0 Å². The Bertz CT molecular complexity index is 1110. The molecule has 2 N–H and O–H groups in total. The minimum absolute atomic E-state index is 0.0378. The van der Waals surface area contributed by atoms with Crippen LogP contribution in [0.5, 0.6) is 17.4 Å². The first kappa shape index (κ1) is 20.5. The molecule has 2 aliphatic rings. The number of ether oxygens (including phenoxy) is 2. The number of rotatable bonds is 5. The number of halogens is 1. The number of nitrogens with zero attached hydrogens (tertiary/aromatic N) is 1. The predicted octanol–water partition coefficient (Wildman–Crippen LogP) is 4.77. The number of anilines is 1. The van der Waals surface area contributed by atoms with E-state index in [1.54, 1.807) is 24.4 Å². The lowest BCUT2D eigenvalue weighted by atomic mass is 9.97. The van der Waals surface area contributed by atoms with Crippen molar-refractivity contribution in [2.45, 2.75) is 37.8 Å². The number of hydrogen-bond acceptors (Lipinski definition) is 5. The van der Waals surface area contributed by atoms with Gasteiger partial charge in [-0.3, -0.25) is 4.79 Å². The molecule has 3 aromatic rings. The van der Waals surface area contributed by atoms with E-state index in [-0.39, 0.29) is 23.9 Å². The smallest absolute Gasteiger partial charge is 0.241 e. The molecule has 0 bridgehead atoms. The van der Waals surface area contributed by atoms with Crippen molar-refractivity contribution in [3.05, 3.63) is 77.7 Å². The summed E-state index contributed by atoms with van der Waals surface area (Å²) in [7, 11) is 0. The number of pyridine rings is 1. The summed E-state index contributed by atoms with van der Waals surface area (Å²) in [5.41, 5.74) is 2.53. The Morgan fingerprint density at radius 3 is 2.88 bits per heavy atom. The molecule has 2 aromatic carbocycles. The fraction of sp³-hybridized carbons (Fsp3) is 0.280. The third-order valence-corrected chi connectivity index (χ3v) is 5.80. The number of carbonyl (C=O) groups is 1. The van der Waals surface area contributed by atoms with Gasteiger partial charge >= 0.3 is 0 Å². The van der Waals surface area contributed by atoms with Crippen LogP contribution in [0.2, 0.25) is 0 Å². The van der Waals surface area contributed by atoms with E-state index < -0.39 is 0 Å². The number of aryl methyl sites for hydroxylation is 1. The van der Waals surface area contributed by atoms with Gasteiger partial charge in [0.2, 0.25) is 11.8 Å². The van der Waals surface area contributed by atoms with Crippen molar-refractivity contribution < 1.29 is 18.7 Å². The molecule has 5 rings (SSSR count). The maximum atomic E-state index is 13.5. The lowest BCUT2D eigenvalue weighted by Gasteiger charge is -2.26. The molecule has 6 nitrogen and oxygen atoms in total. The van der Waals surface area contributed by atoms with Gasteiger partial charge in [0.1, 0.15) is 23.4 Å². The second-order valence-corrected chi connectivity index (χ2v) is 8.10. The van der Waals surface area contributed by atoms with E-state index in [4.69, 9.17) is 9.47 Å². The standard InChI is InChI=1S/C25H24FN3O3/c26-18-4-1-3-16(13-18)22-9-6-17-14-20(8-10-23(17)32-22)31-24-11-7-19(15-28-24)29-25(30)21-5-2-12-27-21/h1,3-4,7-8,10-11,13-15,21-22,27H,2,5-6,9,12H2,(H,29,30). The van der Waals surface area contributed by atoms with Gasteiger partial charge in [0.25, 0.3) is 0 Å². The molecule has 0 saturated carbocycles. The fourth-order valence-corrected chi connectivity index (χ4v) is 4.14. The van der Waals surface area contributed by atoms with E-state index in [9.17, 15) is 9.18 Å². The van der Waals surface area contributed by atoms with Crippen LogP contribution in [-0.4, -0.2) is 23.5 Å². The number of carbonyl (C=O) groups excluding carboxylic acids is 1. The fourth-order valence-electron chi connectivity index (χ4n) is 4.14. The highest BCUT2D eigenvalue weighted by Gasteiger charge is 2.23. The van der Waals surface area contributed by atoms with Crippen LogP contribution in [0.4, 0.5) is 10.1 Å². The predicted molar refractivity (Wildman–Crippen MR) is 118 cm³/mol.